The van der Waals surface area contributed by atoms with Gasteiger partial charge in [0.25, 0.3) is 0 Å². The van der Waals surface area contributed by atoms with E-state index in [1.165, 1.54) is 6.07 Å². The van der Waals surface area contributed by atoms with E-state index < -0.39 is 23.5 Å². The highest BCUT2D eigenvalue weighted by molar-refractivity contribution is 5.98. The molecule has 4 fully saturated rings. The van der Waals surface area contributed by atoms with Crippen molar-refractivity contribution in [3.63, 3.8) is 0 Å². The Morgan fingerprint density at radius 3 is 2.53 bits per heavy atom. The molecule has 0 spiro atoms. The minimum absolute atomic E-state index is 0.166. The molecule has 4 aromatic rings. The first-order valence-corrected chi connectivity index (χ1v) is 12.7. The number of carboxylic acid groups (broad SMARTS) is 1. The molecule has 2 aromatic heterocycles. The molecule has 4 aliphatic carbocycles. The zero-order valence-corrected chi connectivity index (χ0v) is 19.6. The monoisotopic (exact) mass is 488 g/mol. The average molecular weight is 489 g/mol. The normalized spacial score (nSPS) is 25.5. The van der Waals surface area contributed by atoms with Crippen LogP contribution < -0.4 is 5.32 Å². The summed E-state index contributed by atoms with van der Waals surface area (Å²) in [5.74, 6) is -0.741. The lowest BCUT2D eigenvalue weighted by Crippen LogP contribution is -2.51. The van der Waals surface area contributed by atoms with Gasteiger partial charge in [0, 0.05) is 34.6 Å². The van der Waals surface area contributed by atoms with Crippen molar-refractivity contribution in [1.82, 2.24) is 15.0 Å². The van der Waals surface area contributed by atoms with Gasteiger partial charge in [-0.3, -0.25) is 4.79 Å². The molecule has 4 aliphatic rings. The molecule has 8 rings (SSSR count). The topological polar surface area (TPSA) is 90.9 Å². The maximum Gasteiger partial charge on any atom is 0.308 e. The minimum Gasteiger partial charge on any atom is -0.481 e. The second kappa shape index (κ2) is 7.98. The van der Waals surface area contributed by atoms with Crippen LogP contribution in [0.25, 0.3) is 33.2 Å². The summed E-state index contributed by atoms with van der Waals surface area (Å²) in [5, 5.41) is 14.9. The van der Waals surface area contributed by atoms with Crippen molar-refractivity contribution in [2.45, 2.75) is 50.5 Å². The second-order valence-corrected chi connectivity index (χ2v) is 10.6. The van der Waals surface area contributed by atoms with Crippen molar-refractivity contribution >= 4 is 33.6 Å². The predicted molar refractivity (Wildman–Crippen MR) is 133 cm³/mol. The van der Waals surface area contributed by atoms with E-state index in [9.17, 15) is 18.7 Å². The maximum atomic E-state index is 14.4. The summed E-state index contributed by atoms with van der Waals surface area (Å²) >= 11 is 0. The predicted octanol–water partition coefficient (Wildman–Crippen LogP) is 6.24. The molecular weight excluding hydrogens is 462 g/mol. The van der Waals surface area contributed by atoms with E-state index in [1.54, 1.807) is 6.20 Å². The van der Waals surface area contributed by atoms with Crippen molar-refractivity contribution in [1.29, 1.82) is 0 Å². The molecule has 36 heavy (non-hydrogen) atoms. The number of aromatic nitrogens is 3. The van der Waals surface area contributed by atoms with E-state index >= 15 is 0 Å². The van der Waals surface area contributed by atoms with Gasteiger partial charge in [-0.15, -0.1) is 0 Å². The van der Waals surface area contributed by atoms with E-state index in [0.717, 1.165) is 61.1 Å². The Kier molecular flexibility index (Phi) is 4.81. The van der Waals surface area contributed by atoms with Gasteiger partial charge in [-0.05, 0) is 74.0 Å². The van der Waals surface area contributed by atoms with Crippen LogP contribution in [-0.4, -0.2) is 32.1 Å². The number of nitrogens with one attached hydrogen (secondary N) is 2. The van der Waals surface area contributed by atoms with E-state index in [0.29, 0.717) is 28.5 Å². The number of H-pyrrole nitrogens is 1. The Hall–Kier alpha value is -3.55. The fraction of sp³-hybridized carbons (Fsp3) is 0.393. The lowest BCUT2D eigenvalue weighted by Gasteiger charge is -2.47. The fourth-order valence-electron chi connectivity index (χ4n) is 6.64. The molecule has 6 nitrogen and oxygen atoms in total. The summed E-state index contributed by atoms with van der Waals surface area (Å²) in [7, 11) is 0. The van der Waals surface area contributed by atoms with Crippen LogP contribution in [0.5, 0.6) is 0 Å². The molecule has 2 atom stereocenters. The standard InChI is InChI=1S/C28H26F2N4O2/c29-16-10-19-20(12-31-25(19)21(30)11-16)27-33-24-17(13-4-5-13)2-1-3-18(24)26(34-27)32-23-15-8-6-14(7-9-15)22(23)28(35)36/h1-3,10-15,22-23,31H,4-9H2,(H,35,36)(H,32,33,34)/t14?,15?,22-,23-/m0/s1. The molecule has 8 heteroatoms. The van der Waals surface area contributed by atoms with E-state index in [1.807, 2.05) is 12.1 Å². The summed E-state index contributed by atoms with van der Waals surface area (Å²) in [4.78, 5) is 25.0. The maximum absolute atomic E-state index is 14.4. The number of anilines is 1. The third kappa shape index (κ3) is 3.38. The molecule has 2 aromatic carbocycles. The van der Waals surface area contributed by atoms with Crippen molar-refractivity contribution in [3.8, 4) is 11.4 Å². The third-order valence-electron chi connectivity index (χ3n) is 8.53. The summed E-state index contributed by atoms with van der Waals surface area (Å²) in [6, 6.07) is 7.98. The molecule has 0 radical (unpaired) electrons. The first-order valence-electron chi connectivity index (χ1n) is 12.7. The number of carbonyl (C=O) groups is 1. The quantitative estimate of drug-likeness (QED) is 0.310. The number of aliphatic carboxylic acids is 1. The van der Waals surface area contributed by atoms with E-state index in [4.69, 9.17) is 9.97 Å². The number of aromatic amines is 1. The lowest BCUT2D eigenvalue weighted by atomic mass is 9.61. The van der Waals surface area contributed by atoms with Crippen LogP contribution in [0.3, 0.4) is 0 Å². The Labute approximate surface area is 206 Å². The molecule has 0 unspecified atom stereocenters. The SMILES string of the molecule is O=C(O)[C@H]1C2CCC(CC2)[C@@H]1Nc1nc(-c2c[nH]c3c(F)cc(F)cc23)nc2c(C3CC3)cccc12. The average Bonchev–Trinajstić information content (AvgIpc) is 3.63. The smallest absolute Gasteiger partial charge is 0.308 e. The van der Waals surface area contributed by atoms with Crippen LogP contribution in [0.1, 0.15) is 50.0 Å². The van der Waals surface area contributed by atoms with Crippen LogP contribution >= 0.6 is 0 Å². The van der Waals surface area contributed by atoms with Gasteiger partial charge in [0.05, 0.1) is 17.0 Å². The van der Waals surface area contributed by atoms with Crippen LogP contribution in [0.2, 0.25) is 0 Å². The molecular formula is C28H26F2N4O2. The first-order chi connectivity index (χ1) is 17.5. The molecule has 3 N–H and O–H groups in total. The largest absolute Gasteiger partial charge is 0.481 e. The zero-order valence-electron chi connectivity index (χ0n) is 19.6. The zero-order chi connectivity index (χ0) is 24.6. The van der Waals surface area contributed by atoms with Gasteiger partial charge in [-0.2, -0.15) is 0 Å². The van der Waals surface area contributed by atoms with Crippen molar-refractivity contribution in [3.05, 3.63) is 53.7 Å². The van der Waals surface area contributed by atoms with E-state index in [2.05, 4.69) is 16.4 Å². The summed E-state index contributed by atoms with van der Waals surface area (Å²) in [6.45, 7) is 0. The molecule has 2 bridgehead atoms. The number of carboxylic acids is 1. The number of rotatable bonds is 5. The van der Waals surface area contributed by atoms with Crippen LogP contribution in [0.15, 0.2) is 36.5 Å². The number of hydrogen-bond acceptors (Lipinski definition) is 4. The lowest BCUT2D eigenvalue weighted by molar-refractivity contribution is -0.148. The van der Waals surface area contributed by atoms with E-state index in [-0.39, 0.29) is 23.4 Å². The van der Waals surface area contributed by atoms with Crippen molar-refractivity contribution in [2.75, 3.05) is 5.32 Å². The van der Waals surface area contributed by atoms with Gasteiger partial charge >= 0.3 is 5.97 Å². The Balaban J connectivity index is 1.41. The summed E-state index contributed by atoms with van der Waals surface area (Å²) in [6.07, 6.45) is 7.73. The van der Waals surface area contributed by atoms with Gasteiger partial charge in [-0.25, -0.2) is 18.7 Å². The van der Waals surface area contributed by atoms with Gasteiger partial charge < -0.3 is 15.4 Å². The first kappa shape index (κ1) is 21.7. The Bertz CT molecular complexity index is 1520. The number of halogens is 2. The van der Waals surface area contributed by atoms with Crippen LogP contribution in [0, 0.1) is 29.4 Å². The van der Waals surface area contributed by atoms with Crippen LogP contribution in [0.4, 0.5) is 14.6 Å². The van der Waals surface area contributed by atoms with Gasteiger partial charge in [0.1, 0.15) is 17.5 Å². The molecule has 184 valence electrons. The highest BCUT2D eigenvalue weighted by Crippen LogP contribution is 2.48. The molecule has 0 amide bonds. The highest BCUT2D eigenvalue weighted by atomic mass is 19.1. The number of nitrogens with zero attached hydrogens (tertiary/aromatic N) is 2. The summed E-state index contributed by atoms with van der Waals surface area (Å²) in [5.41, 5.74) is 2.66. The minimum atomic E-state index is -0.762. The summed E-state index contributed by atoms with van der Waals surface area (Å²) < 4.78 is 28.6. The van der Waals surface area contributed by atoms with Crippen LogP contribution in [-0.2, 0) is 4.79 Å². The van der Waals surface area contributed by atoms with Gasteiger partial charge in [0.15, 0.2) is 5.82 Å². The van der Waals surface area contributed by atoms with Crippen molar-refractivity contribution < 1.29 is 18.7 Å². The van der Waals surface area contributed by atoms with Crippen molar-refractivity contribution in [2.24, 2.45) is 17.8 Å². The third-order valence-corrected chi connectivity index (χ3v) is 8.53. The molecule has 0 saturated heterocycles. The Morgan fingerprint density at radius 2 is 1.78 bits per heavy atom. The number of fused-ring (bicyclic) bond motifs is 5. The molecule has 2 heterocycles. The number of benzene rings is 2. The highest BCUT2D eigenvalue weighted by Gasteiger charge is 2.47. The number of para-hydroxylation sites is 1. The second-order valence-electron chi connectivity index (χ2n) is 10.6. The van der Waals surface area contributed by atoms with Gasteiger partial charge in [0.2, 0.25) is 0 Å². The molecule has 0 aliphatic heterocycles. The number of hydrogen-bond donors (Lipinski definition) is 3. The Morgan fingerprint density at radius 1 is 1.00 bits per heavy atom. The van der Waals surface area contributed by atoms with Gasteiger partial charge in [-0.1, -0.05) is 12.1 Å². The fourth-order valence-corrected chi connectivity index (χ4v) is 6.64. The molecule has 4 saturated carbocycles.